The number of ether oxygens (including phenoxy) is 1. The van der Waals surface area contributed by atoms with Crippen molar-refractivity contribution in [1.29, 1.82) is 0 Å². The summed E-state index contributed by atoms with van der Waals surface area (Å²) in [6.07, 6.45) is 5.31. The second-order valence-corrected chi connectivity index (χ2v) is 5.05. The van der Waals surface area contributed by atoms with E-state index in [1.165, 1.54) is 6.20 Å². The summed E-state index contributed by atoms with van der Waals surface area (Å²) >= 11 is 0. The highest BCUT2D eigenvalue weighted by Crippen LogP contribution is 2.19. The topological polar surface area (TPSA) is 76.1 Å². The Hall–Kier alpha value is -1.69. The van der Waals surface area contributed by atoms with Crippen LogP contribution < -0.4 is 10.6 Å². The van der Waals surface area contributed by atoms with Crippen LogP contribution in [-0.2, 0) is 4.74 Å². The third-order valence-corrected chi connectivity index (χ3v) is 3.48. The molecule has 1 aromatic heterocycles. The van der Waals surface area contributed by atoms with Gasteiger partial charge in [-0.25, -0.2) is 4.98 Å². The molecule has 0 radical (unpaired) electrons. The molecule has 6 heteroatoms. The Morgan fingerprint density at radius 3 is 3.05 bits per heavy atom. The van der Waals surface area contributed by atoms with Crippen molar-refractivity contribution in [2.45, 2.75) is 32.8 Å². The molecule has 1 fully saturated rings. The monoisotopic (exact) mass is 278 g/mol. The van der Waals surface area contributed by atoms with Crippen molar-refractivity contribution in [3.63, 3.8) is 0 Å². The SMILES string of the molecule is CCCNc1cncc(C(=O)NCC2CCOC2C)n1. The van der Waals surface area contributed by atoms with Gasteiger partial charge in [0, 0.05) is 25.6 Å². The maximum absolute atomic E-state index is 12.1. The van der Waals surface area contributed by atoms with Gasteiger partial charge in [0.05, 0.1) is 18.5 Å². The molecule has 2 atom stereocenters. The molecular weight excluding hydrogens is 256 g/mol. The molecule has 0 aromatic carbocycles. The average Bonchev–Trinajstić information content (AvgIpc) is 2.88. The Balaban J connectivity index is 1.88. The predicted molar refractivity (Wildman–Crippen MR) is 76.7 cm³/mol. The summed E-state index contributed by atoms with van der Waals surface area (Å²) in [4.78, 5) is 20.4. The molecule has 6 nitrogen and oxygen atoms in total. The van der Waals surface area contributed by atoms with Crippen LogP contribution in [0.2, 0.25) is 0 Å². The molecule has 2 rings (SSSR count). The highest BCUT2D eigenvalue weighted by Gasteiger charge is 2.24. The van der Waals surface area contributed by atoms with E-state index in [1.54, 1.807) is 6.20 Å². The zero-order valence-corrected chi connectivity index (χ0v) is 12.1. The fourth-order valence-electron chi connectivity index (χ4n) is 2.17. The first-order valence-corrected chi connectivity index (χ1v) is 7.16. The lowest BCUT2D eigenvalue weighted by Gasteiger charge is -2.14. The Kier molecular flexibility index (Phi) is 5.29. The number of hydrogen-bond donors (Lipinski definition) is 2. The number of rotatable bonds is 6. The summed E-state index contributed by atoms with van der Waals surface area (Å²) in [6, 6.07) is 0. The van der Waals surface area contributed by atoms with E-state index in [0.717, 1.165) is 26.0 Å². The van der Waals surface area contributed by atoms with Gasteiger partial charge in [-0.05, 0) is 19.8 Å². The average molecular weight is 278 g/mol. The molecule has 2 heterocycles. The summed E-state index contributed by atoms with van der Waals surface area (Å²) < 4.78 is 5.48. The maximum Gasteiger partial charge on any atom is 0.271 e. The standard InChI is InChI=1S/C14H22N4O2/c1-3-5-16-13-9-15-8-12(18-13)14(19)17-7-11-4-6-20-10(11)2/h8-11H,3-7H2,1-2H3,(H,16,18)(H,17,19). The van der Waals surface area contributed by atoms with Crippen molar-refractivity contribution in [1.82, 2.24) is 15.3 Å². The van der Waals surface area contributed by atoms with Gasteiger partial charge in [-0.2, -0.15) is 0 Å². The van der Waals surface area contributed by atoms with E-state index in [0.29, 0.717) is 24.0 Å². The minimum absolute atomic E-state index is 0.184. The van der Waals surface area contributed by atoms with Gasteiger partial charge in [-0.15, -0.1) is 0 Å². The summed E-state index contributed by atoms with van der Waals surface area (Å²) in [6.45, 7) is 6.32. The van der Waals surface area contributed by atoms with Gasteiger partial charge in [0.2, 0.25) is 0 Å². The van der Waals surface area contributed by atoms with Crippen molar-refractivity contribution in [2.75, 3.05) is 25.0 Å². The zero-order valence-electron chi connectivity index (χ0n) is 12.1. The number of amides is 1. The van der Waals surface area contributed by atoms with Crippen LogP contribution in [0.4, 0.5) is 5.82 Å². The minimum atomic E-state index is -0.184. The summed E-state index contributed by atoms with van der Waals surface area (Å²) in [5.74, 6) is 0.835. The van der Waals surface area contributed by atoms with Crippen LogP contribution in [-0.4, -0.2) is 41.7 Å². The third-order valence-electron chi connectivity index (χ3n) is 3.48. The quantitative estimate of drug-likeness (QED) is 0.823. The summed E-state index contributed by atoms with van der Waals surface area (Å²) in [5, 5.41) is 6.03. The molecule has 1 aliphatic rings. The first kappa shape index (κ1) is 14.7. The van der Waals surface area contributed by atoms with Crippen LogP contribution in [0.25, 0.3) is 0 Å². The molecule has 0 bridgehead atoms. The van der Waals surface area contributed by atoms with Crippen LogP contribution in [0, 0.1) is 5.92 Å². The molecule has 0 spiro atoms. The van der Waals surface area contributed by atoms with Gasteiger partial charge in [0.1, 0.15) is 11.5 Å². The van der Waals surface area contributed by atoms with Gasteiger partial charge >= 0.3 is 0 Å². The van der Waals surface area contributed by atoms with Crippen LogP contribution in [0.5, 0.6) is 0 Å². The lowest BCUT2D eigenvalue weighted by molar-refractivity contribution is 0.0903. The van der Waals surface area contributed by atoms with Gasteiger partial charge in [0.15, 0.2) is 0 Å². The molecule has 20 heavy (non-hydrogen) atoms. The molecule has 0 aliphatic carbocycles. The Morgan fingerprint density at radius 2 is 2.35 bits per heavy atom. The van der Waals surface area contributed by atoms with E-state index in [1.807, 2.05) is 6.92 Å². The molecule has 2 unspecified atom stereocenters. The molecule has 0 saturated carbocycles. The minimum Gasteiger partial charge on any atom is -0.378 e. The largest absolute Gasteiger partial charge is 0.378 e. The number of nitrogens with one attached hydrogen (secondary N) is 2. The molecule has 2 N–H and O–H groups in total. The maximum atomic E-state index is 12.1. The van der Waals surface area contributed by atoms with E-state index < -0.39 is 0 Å². The number of carbonyl (C=O) groups is 1. The van der Waals surface area contributed by atoms with Crippen LogP contribution in [0.15, 0.2) is 12.4 Å². The van der Waals surface area contributed by atoms with E-state index in [2.05, 4.69) is 27.5 Å². The number of hydrogen-bond acceptors (Lipinski definition) is 5. The Morgan fingerprint density at radius 1 is 1.50 bits per heavy atom. The number of aromatic nitrogens is 2. The number of nitrogens with zero attached hydrogens (tertiary/aromatic N) is 2. The Labute approximate surface area is 119 Å². The van der Waals surface area contributed by atoms with E-state index >= 15 is 0 Å². The normalized spacial score (nSPS) is 21.7. The Bertz CT molecular complexity index is 453. The van der Waals surface area contributed by atoms with Crippen LogP contribution in [0.3, 0.4) is 0 Å². The molecule has 1 amide bonds. The van der Waals surface area contributed by atoms with E-state index in [9.17, 15) is 4.79 Å². The van der Waals surface area contributed by atoms with Crippen molar-refractivity contribution in [3.05, 3.63) is 18.1 Å². The molecule has 1 saturated heterocycles. The van der Waals surface area contributed by atoms with Gasteiger partial charge in [0.25, 0.3) is 5.91 Å². The smallest absolute Gasteiger partial charge is 0.271 e. The van der Waals surface area contributed by atoms with E-state index in [-0.39, 0.29) is 12.0 Å². The van der Waals surface area contributed by atoms with Crippen molar-refractivity contribution in [3.8, 4) is 0 Å². The lowest BCUT2D eigenvalue weighted by Crippen LogP contribution is -2.32. The number of anilines is 1. The summed E-state index contributed by atoms with van der Waals surface area (Å²) in [5.41, 5.74) is 0.345. The highest BCUT2D eigenvalue weighted by molar-refractivity contribution is 5.92. The first-order chi connectivity index (χ1) is 9.70. The summed E-state index contributed by atoms with van der Waals surface area (Å²) in [7, 11) is 0. The number of carbonyl (C=O) groups excluding carboxylic acids is 1. The second kappa shape index (κ2) is 7.19. The van der Waals surface area contributed by atoms with E-state index in [4.69, 9.17) is 4.74 Å². The van der Waals surface area contributed by atoms with Crippen molar-refractivity contribution >= 4 is 11.7 Å². The molecule has 1 aromatic rings. The van der Waals surface area contributed by atoms with Gasteiger partial charge in [-0.3, -0.25) is 9.78 Å². The van der Waals surface area contributed by atoms with Crippen molar-refractivity contribution < 1.29 is 9.53 Å². The van der Waals surface area contributed by atoms with Crippen molar-refractivity contribution in [2.24, 2.45) is 5.92 Å². The fraction of sp³-hybridized carbons (Fsp3) is 0.643. The van der Waals surface area contributed by atoms with Gasteiger partial charge < -0.3 is 15.4 Å². The highest BCUT2D eigenvalue weighted by atomic mass is 16.5. The molecular formula is C14H22N4O2. The third kappa shape index (κ3) is 3.90. The molecule has 110 valence electrons. The second-order valence-electron chi connectivity index (χ2n) is 5.05. The zero-order chi connectivity index (χ0) is 14.4. The van der Waals surface area contributed by atoms with Crippen LogP contribution >= 0.6 is 0 Å². The predicted octanol–water partition coefficient (Wildman–Crippen LogP) is 1.45. The fourth-order valence-corrected chi connectivity index (χ4v) is 2.17. The first-order valence-electron chi connectivity index (χ1n) is 7.16. The van der Waals surface area contributed by atoms with Gasteiger partial charge in [-0.1, -0.05) is 6.92 Å². The molecule has 1 aliphatic heterocycles. The van der Waals surface area contributed by atoms with Crippen LogP contribution in [0.1, 0.15) is 37.2 Å². The lowest BCUT2D eigenvalue weighted by atomic mass is 10.0.